The number of pyridine rings is 1. The van der Waals surface area contributed by atoms with Crippen molar-refractivity contribution < 1.29 is 9.90 Å². The van der Waals surface area contributed by atoms with Gasteiger partial charge in [-0.2, -0.15) is 0 Å². The predicted molar refractivity (Wildman–Crippen MR) is 97.3 cm³/mol. The van der Waals surface area contributed by atoms with Crippen LogP contribution in [0.2, 0.25) is 0 Å². The Morgan fingerprint density at radius 2 is 2.12 bits per heavy atom. The summed E-state index contributed by atoms with van der Waals surface area (Å²) in [7, 11) is 3.94. The summed E-state index contributed by atoms with van der Waals surface area (Å²) in [5, 5.41) is 11.1. The van der Waals surface area contributed by atoms with E-state index in [1.165, 1.54) is 0 Å². The minimum absolute atomic E-state index is 0.297. The van der Waals surface area contributed by atoms with E-state index in [1.54, 1.807) is 12.5 Å². The summed E-state index contributed by atoms with van der Waals surface area (Å²) < 4.78 is 1.97. The Kier molecular flexibility index (Phi) is 4.56. The molecule has 3 aromatic rings. The van der Waals surface area contributed by atoms with E-state index >= 15 is 0 Å². The molecule has 1 aromatic carbocycles. The van der Waals surface area contributed by atoms with Gasteiger partial charge in [-0.05, 0) is 23.6 Å². The lowest BCUT2D eigenvalue weighted by molar-refractivity contribution is 0.194. The molecule has 0 saturated heterocycles. The van der Waals surface area contributed by atoms with Crippen molar-refractivity contribution >= 4 is 28.6 Å². The van der Waals surface area contributed by atoms with Gasteiger partial charge in [-0.25, -0.2) is 14.8 Å². The van der Waals surface area contributed by atoms with Crippen molar-refractivity contribution in [1.82, 2.24) is 19.9 Å². The number of carbonyl (C=O) groups is 1. The van der Waals surface area contributed by atoms with Gasteiger partial charge in [0.25, 0.3) is 0 Å². The number of benzene rings is 1. The van der Waals surface area contributed by atoms with Crippen molar-refractivity contribution in [1.29, 1.82) is 0 Å². The van der Waals surface area contributed by atoms with Gasteiger partial charge in [-0.1, -0.05) is 19.1 Å². The highest BCUT2D eigenvalue weighted by Crippen LogP contribution is 2.28. The van der Waals surface area contributed by atoms with Crippen molar-refractivity contribution in [2.45, 2.75) is 19.9 Å². The smallest absolute Gasteiger partial charge is 0.404 e. The van der Waals surface area contributed by atoms with E-state index in [0.29, 0.717) is 6.54 Å². The van der Waals surface area contributed by atoms with Crippen LogP contribution in [-0.2, 0) is 20.0 Å². The molecule has 130 valence electrons. The number of aromatic nitrogens is 3. The molecule has 7 nitrogen and oxygen atoms in total. The van der Waals surface area contributed by atoms with Crippen LogP contribution in [0.4, 0.5) is 16.3 Å². The minimum Gasteiger partial charge on any atom is -0.465 e. The van der Waals surface area contributed by atoms with Gasteiger partial charge in [0.2, 0.25) is 0 Å². The molecule has 0 aliphatic carbocycles. The zero-order chi connectivity index (χ0) is 18.0. The molecule has 0 radical (unpaired) electrons. The predicted octanol–water partition coefficient (Wildman–Crippen LogP) is 3.07. The van der Waals surface area contributed by atoms with Crippen LogP contribution in [0.3, 0.4) is 0 Å². The van der Waals surface area contributed by atoms with E-state index in [-0.39, 0.29) is 0 Å². The molecule has 0 bridgehead atoms. The number of carboxylic acid groups (broad SMARTS) is 1. The van der Waals surface area contributed by atoms with Gasteiger partial charge in [-0.15, -0.1) is 0 Å². The Labute approximate surface area is 145 Å². The highest BCUT2D eigenvalue weighted by atomic mass is 16.4. The van der Waals surface area contributed by atoms with Crippen LogP contribution in [0.25, 0.3) is 11.0 Å². The quantitative estimate of drug-likeness (QED) is 0.746. The van der Waals surface area contributed by atoms with Crippen molar-refractivity contribution in [3.05, 3.63) is 47.9 Å². The minimum atomic E-state index is -1.02. The second-order valence-corrected chi connectivity index (χ2v) is 5.92. The molecule has 25 heavy (non-hydrogen) atoms. The van der Waals surface area contributed by atoms with Crippen LogP contribution in [0.5, 0.6) is 0 Å². The number of amides is 1. The van der Waals surface area contributed by atoms with Gasteiger partial charge in [-0.3, -0.25) is 0 Å². The number of anilines is 2. The molecular formula is C18H21N5O2. The van der Waals surface area contributed by atoms with Gasteiger partial charge in [0, 0.05) is 32.4 Å². The zero-order valence-corrected chi connectivity index (χ0v) is 14.5. The number of imidazole rings is 1. The lowest BCUT2D eigenvalue weighted by Crippen LogP contribution is -2.20. The fourth-order valence-corrected chi connectivity index (χ4v) is 2.86. The maximum Gasteiger partial charge on any atom is 0.404 e. The number of aryl methyl sites for hydroxylation is 2. The van der Waals surface area contributed by atoms with E-state index in [0.717, 1.165) is 40.1 Å². The Hall–Kier alpha value is -3.09. The van der Waals surface area contributed by atoms with Crippen molar-refractivity contribution in [2.24, 2.45) is 7.05 Å². The lowest BCUT2D eigenvalue weighted by Gasteiger charge is -2.22. The maximum absolute atomic E-state index is 10.7. The summed E-state index contributed by atoms with van der Waals surface area (Å²) in [6.07, 6.45) is 3.37. The van der Waals surface area contributed by atoms with E-state index in [1.807, 2.05) is 47.8 Å². The van der Waals surface area contributed by atoms with Crippen LogP contribution in [-0.4, -0.2) is 32.8 Å². The van der Waals surface area contributed by atoms with E-state index < -0.39 is 6.09 Å². The summed E-state index contributed by atoms with van der Waals surface area (Å²) in [6, 6.07) is 7.99. The number of fused-ring (bicyclic) bond motifs is 1. The van der Waals surface area contributed by atoms with Crippen molar-refractivity contribution in [3.63, 3.8) is 0 Å². The summed E-state index contributed by atoms with van der Waals surface area (Å²) in [6.45, 7) is 2.38. The lowest BCUT2D eigenvalue weighted by atomic mass is 10.1. The zero-order valence-electron chi connectivity index (χ0n) is 14.5. The normalized spacial score (nSPS) is 10.8. The Balaban J connectivity index is 1.93. The Morgan fingerprint density at radius 3 is 2.84 bits per heavy atom. The average Bonchev–Trinajstić information content (AvgIpc) is 2.99. The number of rotatable bonds is 5. The third-order valence-electron chi connectivity index (χ3n) is 4.27. The van der Waals surface area contributed by atoms with Gasteiger partial charge in [0.1, 0.15) is 11.3 Å². The van der Waals surface area contributed by atoms with Crippen molar-refractivity contribution in [3.8, 4) is 0 Å². The van der Waals surface area contributed by atoms with Crippen LogP contribution < -0.4 is 10.2 Å². The molecule has 2 aromatic heterocycles. The first-order valence-electron chi connectivity index (χ1n) is 8.09. The summed E-state index contributed by atoms with van der Waals surface area (Å²) in [4.78, 5) is 21.5. The van der Waals surface area contributed by atoms with E-state index in [4.69, 9.17) is 5.11 Å². The topological polar surface area (TPSA) is 83.3 Å². The summed E-state index contributed by atoms with van der Waals surface area (Å²) in [5.41, 5.74) is 5.02. The van der Waals surface area contributed by atoms with Crippen LogP contribution in [0.15, 0.2) is 36.8 Å². The molecule has 0 atom stereocenters. The molecular weight excluding hydrogens is 318 g/mol. The number of hydrogen-bond acceptors (Lipinski definition) is 4. The number of nitrogens with one attached hydrogen (secondary N) is 1. The molecule has 1 amide bonds. The van der Waals surface area contributed by atoms with Gasteiger partial charge >= 0.3 is 6.09 Å². The standard InChI is InChI=1S/C18H21N5O2/c1-4-13-7-12(9-20-18(24)25)5-6-15(13)23(3)17-8-16-14(10-19-17)21-11-22(16)2/h5-8,10-11,20H,4,9H2,1-3H3,(H,24,25). The van der Waals surface area contributed by atoms with Crippen LogP contribution in [0.1, 0.15) is 18.1 Å². The second kappa shape index (κ2) is 6.80. The molecule has 0 fully saturated rings. The van der Waals surface area contributed by atoms with Gasteiger partial charge in [0.05, 0.1) is 18.0 Å². The monoisotopic (exact) mass is 339 g/mol. The summed E-state index contributed by atoms with van der Waals surface area (Å²) >= 11 is 0. The number of nitrogens with zero attached hydrogens (tertiary/aromatic N) is 4. The first-order chi connectivity index (χ1) is 12.0. The molecule has 0 unspecified atom stereocenters. The molecule has 0 saturated carbocycles. The Morgan fingerprint density at radius 1 is 1.32 bits per heavy atom. The fraction of sp³-hybridized carbons (Fsp3) is 0.278. The number of hydrogen-bond donors (Lipinski definition) is 2. The summed E-state index contributed by atoms with van der Waals surface area (Å²) in [5.74, 6) is 0.835. The first-order valence-corrected chi connectivity index (χ1v) is 8.09. The first kappa shape index (κ1) is 16.8. The largest absolute Gasteiger partial charge is 0.465 e. The van der Waals surface area contributed by atoms with Gasteiger partial charge in [0.15, 0.2) is 0 Å². The highest BCUT2D eigenvalue weighted by Gasteiger charge is 2.12. The van der Waals surface area contributed by atoms with Crippen LogP contribution in [0, 0.1) is 0 Å². The fourth-order valence-electron chi connectivity index (χ4n) is 2.86. The van der Waals surface area contributed by atoms with Gasteiger partial charge < -0.3 is 19.9 Å². The third kappa shape index (κ3) is 3.40. The highest BCUT2D eigenvalue weighted by molar-refractivity contribution is 5.79. The van der Waals surface area contributed by atoms with E-state index in [9.17, 15) is 4.79 Å². The molecule has 0 aliphatic rings. The maximum atomic E-state index is 10.7. The molecule has 3 rings (SSSR count). The Bertz CT molecular complexity index is 919. The SMILES string of the molecule is CCc1cc(CNC(=O)O)ccc1N(C)c1cc2c(cn1)ncn2C. The molecule has 0 aliphatic heterocycles. The molecule has 7 heteroatoms. The van der Waals surface area contributed by atoms with Crippen molar-refractivity contribution in [2.75, 3.05) is 11.9 Å². The molecule has 2 heterocycles. The third-order valence-corrected chi connectivity index (χ3v) is 4.27. The molecule has 0 spiro atoms. The van der Waals surface area contributed by atoms with Crippen LogP contribution >= 0.6 is 0 Å². The average molecular weight is 339 g/mol. The molecule has 2 N–H and O–H groups in total. The van der Waals surface area contributed by atoms with E-state index in [2.05, 4.69) is 22.2 Å². The second-order valence-electron chi connectivity index (χ2n) is 5.92.